The molecule has 4 rings (SSSR count). The number of aliphatic hydroxyl groups is 1. The molecule has 0 fully saturated rings. The van der Waals surface area contributed by atoms with Gasteiger partial charge in [-0.2, -0.15) is 0 Å². The van der Waals surface area contributed by atoms with Crippen LogP contribution in [0.15, 0.2) is 63.9 Å². The molecule has 0 saturated heterocycles. The molecule has 0 aliphatic heterocycles. The van der Waals surface area contributed by atoms with Crippen LogP contribution in [0.1, 0.15) is 32.6 Å². The van der Waals surface area contributed by atoms with Gasteiger partial charge in [0.2, 0.25) is 5.89 Å². The zero-order chi connectivity index (χ0) is 24.6. The summed E-state index contributed by atoms with van der Waals surface area (Å²) >= 11 is 0. The van der Waals surface area contributed by atoms with E-state index in [0.717, 1.165) is 41.1 Å². The van der Waals surface area contributed by atoms with Crippen molar-refractivity contribution in [1.29, 1.82) is 0 Å². The van der Waals surface area contributed by atoms with Crippen LogP contribution in [-0.2, 0) is 5.60 Å². The molecular formula is C25H20F4N2O3. The van der Waals surface area contributed by atoms with Crippen LogP contribution >= 0.6 is 0 Å². The summed E-state index contributed by atoms with van der Waals surface area (Å²) in [6.45, 7) is 3.43. The Balaban J connectivity index is 1.99. The van der Waals surface area contributed by atoms with Crippen molar-refractivity contribution in [2.45, 2.75) is 32.3 Å². The first kappa shape index (κ1) is 23.4. The highest BCUT2D eigenvalue weighted by atomic mass is 19.1. The first-order chi connectivity index (χ1) is 16.2. The lowest BCUT2D eigenvalue weighted by molar-refractivity contribution is 0.00221. The largest absolute Gasteiger partial charge is 0.437 e. The Hall–Kier alpha value is -3.72. The van der Waals surface area contributed by atoms with Gasteiger partial charge in [-0.1, -0.05) is 19.9 Å². The third-order valence-corrected chi connectivity index (χ3v) is 5.73. The smallest absolute Gasteiger partial charge is 0.255 e. The predicted octanol–water partition coefficient (Wildman–Crippen LogP) is 5.72. The van der Waals surface area contributed by atoms with Crippen molar-refractivity contribution in [3.05, 3.63) is 94.2 Å². The van der Waals surface area contributed by atoms with E-state index in [2.05, 4.69) is 4.98 Å². The van der Waals surface area contributed by atoms with Gasteiger partial charge in [0.25, 0.3) is 5.56 Å². The van der Waals surface area contributed by atoms with Crippen molar-refractivity contribution < 1.29 is 27.1 Å². The summed E-state index contributed by atoms with van der Waals surface area (Å²) in [6.07, 6.45) is 1.60. The highest BCUT2D eigenvalue weighted by Crippen LogP contribution is 2.39. The number of hydrogen-bond donors (Lipinski definition) is 1. The Morgan fingerprint density at radius 1 is 0.971 bits per heavy atom. The lowest BCUT2D eigenvalue weighted by Crippen LogP contribution is -2.23. The fourth-order valence-electron chi connectivity index (χ4n) is 3.65. The normalized spacial score (nSPS) is 11.7. The number of para-hydroxylation sites is 1. The van der Waals surface area contributed by atoms with Crippen LogP contribution in [0.5, 0.6) is 0 Å². The van der Waals surface area contributed by atoms with Gasteiger partial charge in [0.15, 0.2) is 5.76 Å². The monoisotopic (exact) mass is 472 g/mol. The summed E-state index contributed by atoms with van der Waals surface area (Å²) in [6, 6.07) is 8.45. The Bertz CT molecular complexity index is 1400. The maximum absolute atomic E-state index is 14.7. The van der Waals surface area contributed by atoms with Gasteiger partial charge in [0.05, 0.1) is 0 Å². The van der Waals surface area contributed by atoms with Crippen molar-refractivity contribution in [2.75, 3.05) is 0 Å². The second-order valence-electron chi connectivity index (χ2n) is 7.76. The molecule has 176 valence electrons. The molecule has 0 spiro atoms. The van der Waals surface area contributed by atoms with Crippen LogP contribution in [-0.4, -0.2) is 14.7 Å². The van der Waals surface area contributed by atoms with Gasteiger partial charge in [-0.15, -0.1) is 0 Å². The van der Waals surface area contributed by atoms with Crippen LogP contribution in [0.4, 0.5) is 17.6 Å². The van der Waals surface area contributed by atoms with Gasteiger partial charge >= 0.3 is 0 Å². The molecule has 1 N–H and O–H groups in total. The highest BCUT2D eigenvalue weighted by Gasteiger charge is 2.33. The van der Waals surface area contributed by atoms with Gasteiger partial charge in [-0.05, 0) is 43.2 Å². The molecule has 4 aromatic rings. The van der Waals surface area contributed by atoms with Crippen LogP contribution in [0.2, 0.25) is 0 Å². The number of aromatic nitrogens is 2. The molecule has 5 nitrogen and oxygen atoms in total. The molecule has 9 heteroatoms. The number of rotatable bonds is 6. The lowest BCUT2D eigenvalue weighted by Gasteiger charge is -2.20. The molecule has 0 saturated carbocycles. The van der Waals surface area contributed by atoms with E-state index in [-0.39, 0.29) is 41.3 Å². The molecule has 0 amide bonds. The minimum Gasteiger partial charge on any atom is -0.437 e. The van der Waals surface area contributed by atoms with Crippen molar-refractivity contribution >= 4 is 0 Å². The zero-order valence-electron chi connectivity index (χ0n) is 18.3. The first-order valence-corrected chi connectivity index (χ1v) is 10.5. The average Bonchev–Trinajstić information content (AvgIpc) is 3.25. The minimum atomic E-state index is -1.48. The zero-order valence-corrected chi connectivity index (χ0v) is 18.3. The fraction of sp³-hybridized carbons (Fsp3) is 0.200. The second-order valence-corrected chi connectivity index (χ2v) is 7.76. The number of benzene rings is 2. The van der Waals surface area contributed by atoms with Crippen LogP contribution < -0.4 is 5.56 Å². The Kier molecular flexibility index (Phi) is 6.14. The van der Waals surface area contributed by atoms with E-state index in [4.69, 9.17) is 4.42 Å². The maximum atomic E-state index is 14.7. The summed E-state index contributed by atoms with van der Waals surface area (Å²) in [5.74, 6) is -3.82. The predicted molar refractivity (Wildman–Crippen MR) is 117 cm³/mol. The van der Waals surface area contributed by atoms with Gasteiger partial charge in [-0.3, -0.25) is 9.36 Å². The quantitative estimate of drug-likeness (QED) is 0.364. The maximum Gasteiger partial charge on any atom is 0.255 e. The van der Waals surface area contributed by atoms with Gasteiger partial charge in [-0.25, -0.2) is 22.5 Å². The number of pyridine rings is 1. The third kappa shape index (κ3) is 4.03. The number of halogens is 4. The van der Waals surface area contributed by atoms with Crippen LogP contribution in [0.25, 0.3) is 28.3 Å². The summed E-state index contributed by atoms with van der Waals surface area (Å²) in [5, 5.41) is 10.9. The molecule has 0 atom stereocenters. The molecule has 0 bridgehead atoms. The SMILES string of the molecule is CCC(O)(CC)c1nc(-c2ccc(F)cc2F)c(-c2ccc(=O)n(-c3c(F)cccc3F)c2)o1. The first-order valence-electron chi connectivity index (χ1n) is 10.5. The highest BCUT2D eigenvalue weighted by molar-refractivity contribution is 5.77. The third-order valence-electron chi connectivity index (χ3n) is 5.73. The fourth-order valence-corrected chi connectivity index (χ4v) is 3.65. The van der Waals surface area contributed by atoms with Gasteiger partial charge in [0.1, 0.15) is 40.3 Å². The Morgan fingerprint density at radius 3 is 2.26 bits per heavy atom. The molecule has 2 aromatic heterocycles. The minimum absolute atomic E-state index is 0.0629. The van der Waals surface area contributed by atoms with Crippen molar-refractivity contribution in [2.24, 2.45) is 0 Å². The number of hydrogen-bond acceptors (Lipinski definition) is 4. The van der Waals surface area contributed by atoms with Crippen molar-refractivity contribution in [3.8, 4) is 28.3 Å². The van der Waals surface area contributed by atoms with Gasteiger partial charge < -0.3 is 9.52 Å². The second kappa shape index (κ2) is 8.90. The van der Waals surface area contributed by atoms with E-state index >= 15 is 0 Å². The molecular weight excluding hydrogens is 452 g/mol. The van der Waals surface area contributed by atoms with Crippen molar-refractivity contribution in [3.63, 3.8) is 0 Å². The Labute approximate surface area is 191 Å². The average molecular weight is 472 g/mol. The molecule has 0 aliphatic carbocycles. The number of oxazole rings is 1. The molecule has 0 unspecified atom stereocenters. The lowest BCUT2D eigenvalue weighted by atomic mass is 9.98. The molecule has 2 heterocycles. The van der Waals surface area contributed by atoms with Crippen molar-refractivity contribution in [1.82, 2.24) is 9.55 Å². The molecule has 2 aromatic carbocycles. The van der Waals surface area contributed by atoms with E-state index in [1.54, 1.807) is 13.8 Å². The van der Waals surface area contributed by atoms with E-state index < -0.39 is 40.1 Å². The number of nitrogens with zero attached hydrogens (tertiary/aromatic N) is 2. The summed E-state index contributed by atoms with van der Waals surface area (Å²) in [7, 11) is 0. The summed E-state index contributed by atoms with van der Waals surface area (Å²) in [5.41, 5.74) is -2.84. The Morgan fingerprint density at radius 2 is 1.65 bits per heavy atom. The van der Waals surface area contributed by atoms with E-state index in [0.29, 0.717) is 6.07 Å². The van der Waals surface area contributed by atoms with Gasteiger partial charge in [0, 0.05) is 29.5 Å². The molecule has 34 heavy (non-hydrogen) atoms. The topological polar surface area (TPSA) is 68.3 Å². The van der Waals surface area contributed by atoms with E-state index in [1.165, 1.54) is 12.1 Å². The van der Waals surface area contributed by atoms with Crippen LogP contribution in [0.3, 0.4) is 0 Å². The standard InChI is InChI=1S/C25H20F4N2O3/c1-3-25(33,4-2)24-30-21(16-10-9-15(26)12-19(16)29)23(34-24)14-8-11-20(32)31(13-14)22-17(27)6-5-7-18(22)28/h5-13,33H,3-4H2,1-2H3. The summed E-state index contributed by atoms with van der Waals surface area (Å²) < 4.78 is 63.6. The molecule has 0 radical (unpaired) electrons. The van der Waals surface area contributed by atoms with E-state index in [9.17, 15) is 27.5 Å². The van der Waals surface area contributed by atoms with Crippen LogP contribution in [0, 0.1) is 23.3 Å². The molecule has 0 aliphatic rings. The van der Waals surface area contributed by atoms with E-state index in [1.807, 2.05) is 0 Å². The summed E-state index contributed by atoms with van der Waals surface area (Å²) in [4.78, 5) is 16.8.